The Morgan fingerprint density at radius 2 is 1.00 bits per heavy atom. The van der Waals surface area contributed by atoms with Gasteiger partial charge >= 0.3 is 5.97 Å². The van der Waals surface area contributed by atoms with Crippen LogP contribution in [0, 0.1) is 0 Å². The third kappa shape index (κ3) is 19.8. The van der Waals surface area contributed by atoms with Gasteiger partial charge in [0.2, 0.25) is 0 Å². The number of carbonyl (C=O) groups excluding carboxylic acids is 1. The summed E-state index contributed by atoms with van der Waals surface area (Å²) in [5.41, 5.74) is 0. The van der Waals surface area contributed by atoms with E-state index in [2.05, 4.69) is 6.92 Å². The van der Waals surface area contributed by atoms with Gasteiger partial charge in [-0.1, -0.05) is 129 Å². The van der Waals surface area contributed by atoms with Crippen molar-refractivity contribution in [2.75, 3.05) is 6.61 Å². The molecule has 31 heavy (non-hydrogen) atoms. The second-order valence-corrected chi connectivity index (χ2v) is 10.5. The number of carbonyl (C=O) groups is 1. The Hall–Kier alpha value is -0.620. The van der Waals surface area contributed by atoms with E-state index in [1.165, 1.54) is 89.9 Å². The lowest BCUT2D eigenvalue weighted by Crippen LogP contribution is -2.32. The van der Waals surface area contributed by atoms with E-state index < -0.39 is 21.3 Å². The number of unbranched alkanes of at least 4 members (excludes halogenated alkanes) is 17. The molecule has 0 amide bonds. The average Bonchev–Trinajstić information content (AvgIpc) is 2.72. The van der Waals surface area contributed by atoms with E-state index in [1.54, 1.807) is 0 Å². The smallest absolute Gasteiger partial charge is 0.323 e. The molecule has 0 spiro atoms. The molecule has 0 radical (unpaired) electrons. The summed E-state index contributed by atoms with van der Waals surface area (Å²) in [5, 5.41) is -1.54. The molecule has 1 atom stereocenters. The van der Waals surface area contributed by atoms with Crippen LogP contribution >= 0.6 is 0 Å². The predicted octanol–water partition coefficient (Wildman–Crippen LogP) is 7.29. The minimum Gasteiger partial charge on any atom is -0.747 e. The molecule has 5 nitrogen and oxygen atoms in total. The molecular formula is C25H49O5S-. The summed E-state index contributed by atoms with van der Waals surface area (Å²) in [4.78, 5) is 11.8. The molecule has 0 aliphatic rings. The Morgan fingerprint density at radius 1 is 0.645 bits per heavy atom. The van der Waals surface area contributed by atoms with Crippen LogP contribution in [0.15, 0.2) is 0 Å². The third-order valence-corrected chi connectivity index (χ3v) is 7.00. The summed E-state index contributed by atoms with van der Waals surface area (Å²) in [7, 11) is -4.64. The lowest BCUT2D eigenvalue weighted by molar-refractivity contribution is -0.143. The zero-order valence-corrected chi connectivity index (χ0v) is 21.2. The Morgan fingerprint density at radius 3 is 1.32 bits per heavy atom. The van der Waals surface area contributed by atoms with Gasteiger partial charge in [-0.25, -0.2) is 8.42 Å². The maximum atomic E-state index is 11.8. The molecule has 0 aromatic heterocycles. The largest absolute Gasteiger partial charge is 0.747 e. The van der Waals surface area contributed by atoms with E-state index in [1.807, 2.05) is 6.92 Å². The minimum absolute atomic E-state index is 0.0765. The van der Waals surface area contributed by atoms with Gasteiger partial charge in [0, 0.05) is 0 Å². The summed E-state index contributed by atoms with van der Waals surface area (Å²) in [6.45, 7) is 4.24. The van der Waals surface area contributed by atoms with Crippen LogP contribution < -0.4 is 0 Å². The summed E-state index contributed by atoms with van der Waals surface area (Å²) in [6.07, 6.45) is 23.3. The van der Waals surface area contributed by atoms with Crippen molar-refractivity contribution in [2.45, 2.75) is 148 Å². The highest BCUT2D eigenvalue weighted by Gasteiger charge is 2.26. The summed E-state index contributed by atoms with van der Waals surface area (Å²) in [6, 6.07) is 0. The molecule has 0 saturated carbocycles. The van der Waals surface area contributed by atoms with Crippen molar-refractivity contribution in [3.8, 4) is 0 Å². The van der Waals surface area contributed by atoms with Gasteiger partial charge in [0.15, 0.2) is 0 Å². The summed E-state index contributed by atoms with van der Waals surface area (Å²) >= 11 is 0. The first-order valence-corrected chi connectivity index (χ1v) is 14.5. The predicted molar refractivity (Wildman–Crippen MR) is 128 cm³/mol. The molecule has 186 valence electrons. The first-order chi connectivity index (χ1) is 14.9. The molecule has 0 heterocycles. The fourth-order valence-electron chi connectivity index (χ4n) is 3.91. The maximum Gasteiger partial charge on any atom is 0.323 e. The molecule has 0 saturated heterocycles. The topological polar surface area (TPSA) is 83.5 Å². The second kappa shape index (κ2) is 21.2. The molecule has 0 bridgehead atoms. The van der Waals surface area contributed by atoms with Crippen molar-refractivity contribution in [3.05, 3.63) is 0 Å². The van der Waals surface area contributed by atoms with Gasteiger partial charge in [-0.3, -0.25) is 4.79 Å². The Bertz CT molecular complexity index is 504. The zero-order valence-electron chi connectivity index (χ0n) is 20.4. The van der Waals surface area contributed by atoms with Crippen LogP contribution in [0.2, 0.25) is 0 Å². The van der Waals surface area contributed by atoms with Gasteiger partial charge in [0.25, 0.3) is 0 Å². The molecule has 6 heteroatoms. The molecular weight excluding hydrogens is 412 g/mol. The standard InChI is InChI=1S/C25H50O5S/c1-3-5-6-7-8-9-10-11-12-13-14-15-16-17-18-19-20-21-22-24(31(27,28)29)25(26)30-23-4-2/h24H,3-23H2,1-2H3,(H,27,28,29)/p-1. The van der Waals surface area contributed by atoms with Gasteiger partial charge in [-0.15, -0.1) is 0 Å². The van der Waals surface area contributed by atoms with E-state index >= 15 is 0 Å². The molecule has 0 fully saturated rings. The van der Waals surface area contributed by atoms with Gasteiger partial charge < -0.3 is 9.29 Å². The van der Waals surface area contributed by atoms with E-state index in [9.17, 15) is 17.8 Å². The SMILES string of the molecule is CCCCCCCCCCCCCCCCCCCCC(C(=O)OCCC)S(=O)(=O)[O-]. The lowest BCUT2D eigenvalue weighted by Gasteiger charge is -2.19. The number of rotatable bonds is 23. The first kappa shape index (κ1) is 30.4. The fraction of sp³-hybridized carbons (Fsp3) is 0.960. The third-order valence-electron chi connectivity index (χ3n) is 5.88. The van der Waals surface area contributed by atoms with Crippen LogP contribution in [-0.2, 0) is 19.6 Å². The fourth-order valence-corrected chi connectivity index (χ4v) is 4.67. The van der Waals surface area contributed by atoms with E-state index in [-0.39, 0.29) is 13.0 Å². The monoisotopic (exact) mass is 461 g/mol. The van der Waals surface area contributed by atoms with Gasteiger partial charge in [-0.2, -0.15) is 0 Å². The van der Waals surface area contributed by atoms with Crippen LogP contribution in [0.5, 0.6) is 0 Å². The van der Waals surface area contributed by atoms with Crippen LogP contribution in [0.4, 0.5) is 0 Å². The van der Waals surface area contributed by atoms with Crippen molar-refractivity contribution in [1.29, 1.82) is 0 Å². The van der Waals surface area contributed by atoms with Crippen molar-refractivity contribution in [3.63, 3.8) is 0 Å². The molecule has 0 aromatic rings. The van der Waals surface area contributed by atoms with Gasteiger partial charge in [0.1, 0.15) is 15.4 Å². The molecule has 0 aliphatic heterocycles. The Kier molecular flexibility index (Phi) is 20.8. The molecule has 0 aliphatic carbocycles. The second-order valence-electron chi connectivity index (χ2n) is 8.95. The van der Waals surface area contributed by atoms with Crippen LogP contribution in [0.25, 0.3) is 0 Å². The Labute approximate surface area is 192 Å². The number of esters is 1. The van der Waals surface area contributed by atoms with Crippen molar-refractivity contribution >= 4 is 16.1 Å². The van der Waals surface area contributed by atoms with Crippen molar-refractivity contribution in [1.82, 2.24) is 0 Å². The number of ether oxygens (including phenoxy) is 1. The number of hydrogen-bond donors (Lipinski definition) is 0. The molecule has 0 rings (SSSR count). The Balaban J connectivity index is 3.48. The summed E-state index contributed by atoms with van der Waals surface area (Å²) in [5.74, 6) is -0.885. The van der Waals surface area contributed by atoms with E-state index in [0.717, 1.165) is 19.3 Å². The van der Waals surface area contributed by atoms with Gasteiger partial charge in [-0.05, 0) is 12.8 Å². The zero-order chi connectivity index (χ0) is 23.2. The summed E-state index contributed by atoms with van der Waals surface area (Å²) < 4.78 is 38.7. The lowest BCUT2D eigenvalue weighted by atomic mass is 10.0. The minimum atomic E-state index is -4.64. The van der Waals surface area contributed by atoms with Crippen molar-refractivity contribution in [2.24, 2.45) is 0 Å². The number of hydrogen-bond acceptors (Lipinski definition) is 5. The highest BCUT2D eigenvalue weighted by Crippen LogP contribution is 2.16. The average molecular weight is 462 g/mol. The molecule has 1 unspecified atom stereocenters. The van der Waals surface area contributed by atoms with Crippen LogP contribution in [-0.4, -0.2) is 30.8 Å². The first-order valence-electron chi connectivity index (χ1n) is 13.0. The maximum absolute atomic E-state index is 11.8. The molecule has 0 N–H and O–H groups in total. The van der Waals surface area contributed by atoms with Crippen LogP contribution in [0.1, 0.15) is 142 Å². The highest BCUT2D eigenvalue weighted by atomic mass is 32.2. The van der Waals surface area contributed by atoms with Crippen LogP contribution in [0.3, 0.4) is 0 Å². The normalized spacial score (nSPS) is 12.7. The van der Waals surface area contributed by atoms with Crippen molar-refractivity contribution < 1.29 is 22.5 Å². The van der Waals surface area contributed by atoms with Gasteiger partial charge in [0.05, 0.1) is 6.61 Å². The highest BCUT2D eigenvalue weighted by molar-refractivity contribution is 7.87. The van der Waals surface area contributed by atoms with E-state index in [4.69, 9.17) is 4.74 Å². The molecule has 0 aromatic carbocycles. The quantitative estimate of drug-likeness (QED) is 0.0906. The van der Waals surface area contributed by atoms with E-state index in [0.29, 0.717) is 12.8 Å².